The van der Waals surface area contributed by atoms with E-state index in [0.717, 1.165) is 15.1 Å². The Morgan fingerprint density at radius 3 is 3.08 bits per heavy atom. The van der Waals surface area contributed by atoms with Crippen LogP contribution in [0.2, 0.25) is 0 Å². The number of thioether (sulfide) groups is 1. The van der Waals surface area contributed by atoms with E-state index in [4.69, 9.17) is 5.73 Å². The molecule has 1 aromatic heterocycles. The van der Waals surface area contributed by atoms with Crippen LogP contribution in [0.25, 0.3) is 0 Å². The fraction of sp³-hybridized carbons (Fsp3) is 0.571. The molecule has 1 aliphatic heterocycles. The molecule has 5 heteroatoms. The predicted octanol–water partition coefficient (Wildman–Crippen LogP) is 1.75. The molecule has 0 spiro atoms. The van der Waals surface area contributed by atoms with Gasteiger partial charge < -0.3 is 5.73 Å². The molecule has 2 N–H and O–H groups in total. The minimum Gasteiger partial charge on any atom is -0.383 e. The standard InChI is InChI=1S/C7H10IN3S/c8-6-3-10-11(7(6)9)5-1-2-12-4-5/h3,5H,1-2,4,9H2. The summed E-state index contributed by atoms with van der Waals surface area (Å²) in [6, 6.07) is 0.526. The number of nitrogens with two attached hydrogens (primary N) is 1. The van der Waals surface area contributed by atoms with Crippen molar-refractivity contribution in [3.8, 4) is 0 Å². The van der Waals surface area contributed by atoms with E-state index in [1.807, 2.05) is 22.6 Å². The Kier molecular flexibility index (Phi) is 2.49. The quantitative estimate of drug-likeness (QED) is 0.803. The van der Waals surface area contributed by atoms with Gasteiger partial charge in [-0.1, -0.05) is 0 Å². The molecule has 0 aromatic carbocycles. The maximum Gasteiger partial charge on any atom is 0.135 e. The van der Waals surface area contributed by atoms with Gasteiger partial charge in [0.15, 0.2) is 0 Å². The van der Waals surface area contributed by atoms with Crippen LogP contribution in [0.3, 0.4) is 0 Å². The van der Waals surface area contributed by atoms with Gasteiger partial charge >= 0.3 is 0 Å². The van der Waals surface area contributed by atoms with E-state index in [-0.39, 0.29) is 0 Å². The second kappa shape index (κ2) is 3.45. The van der Waals surface area contributed by atoms with E-state index in [9.17, 15) is 0 Å². The molecular weight excluding hydrogens is 285 g/mol. The molecule has 0 bridgehead atoms. The van der Waals surface area contributed by atoms with Gasteiger partial charge in [0.25, 0.3) is 0 Å². The molecular formula is C7H10IN3S. The van der Waals surface area contributed by atoms with Gasteiger partial charge in [-0.3, -0.25) is 0 Å². The van der Waals surface area contributed by atoms with Gasteiger partial charge in [0.05, 0.1) is 15.8 Å². The second-order valence-corrected chi connectivity index (χ2v) is 5.15. The maximum atomic E-state index is 5.87. The normalized spacial score (nSPS) is 23.2. The van der Waals surface area contributed by atoms with Crippen LogP contribution in [0, 0.1) is 3.57 Å². The summed E-state index contributed by atoms with van der Waals surface area (Å²) in [6.45, 7) is 0. The van der Waals surface area contributed by atoms with Crippen LogP contribution in [0.4, 0.5) is 5.82 Å². The van der Waals surface area contributed by atoms with E-state index in [2.05, 4.69) is 27.7 Å². The van der Waals surface area contributed by atoms with Gasteiger partial charge in [0.1, 0.15) is 5.82 Å². The maximum absolute atomic E-state index is 5.87. The zero-order valence-electron chi connectivity index (χ0n) is 6.53. The number of hydrogen-bond donors (Lipinski definition) is 1. The third-order valence-electron chi connectivity index (χ3n) is 2.04. The van der Waals surface area contributed by atoms with Gasteiger partial charge in [-0.15, -0.1) is 0 Å². The zero-order valence-corrected chi connectivity index (χ0v) is 9.51. The largest absolute Gasteiger partial charge is 0.383 e. The Hall–Kier alpha value is 0.0900. The van der Waals surface area contributed by atoms with Crippen LogP contribution in [0.15, 0.2) is 6.20 Å². The van der Waals surface area contributed by atoms with E-state index in [0.29, 0.717) is 6.04 Å². The van der Waals surface area contributed by atoms with Crippen molar-refractivity contribution in [2.75, 3.05) is 17.2 Å². The van der Waals surface area contributed by atoms with Crippen molar-refractivity contribution in [1.29, 1.82) is 0 Å². The van der Waals surface area contributed by atoms with Crippen molar-refractivity contribution in [3.05, 3.63) is 9.77 Å². The molecule has 12 heavy (non-hydrogen) atoms. The van der Waals surface area contributed by atoms with E-state index >= 15 is 0 Å². The van der Waals surface area contributed by atoms with Crippen molar-refractivity contribution in [3.63, 3.8) is 0 Å². The Labute approximate surface area is 89.2 Å². The SMILES string of the molecule is Nc1c(I)cnn1C1CCSC1. The van der Waals surface area contributed by atoms with Gasteiger partial charge in [-0.2, -0.15) is 16.9 Å². The molecule has 1 fully saturated rings. The predicted molar refractivity (Wildman–Crippen MR) is 60.3 cm³/mol. The summed E-state index contributed by atoms with van der Waals surface area (Å²) in [5.41, 5.74) is 5.87. The van der Waals surface area contributed by atoms with Gasteiger partial charge in [0.2, 0.25) is 0 Å². The lowest BCUT2D eigenvalue weighted by molar-refractivity contribution is 0.509. The van der Waals surface area contributed by atoms with Crippen molar-refractivity contribution in [2.45, 2.75) is 12.5 Å². The molecule has 2 heterocycles. The summed E-state index contributed by atoms with van der Waals surface area (Å²) in [5, 5.41) is 4.27. The number of anilines is 1. The Morgan fingerprint density at radius 1 is 1.75 bits per heavy atom. The summed E-state index contributed by atoms with van der Waals surface area (Å²) >= 11 is 4.19. The number of aromatic nitrogens is 2. The first-order chi connectivity index (χ1) is 5.79. The van der Waals surface area contributed by atoms with Crippen molar-refractivity contribution in [2.24, 2.45) is 0 Å². The number of rotatable bonds is 1. The smallest absolute Gasteiger partial charge is 0.135 e. The summed E-state index contributed by atoms with van der Waals surface area (Å²) in [7, 11) is 0. The van der Waals surface area contributed by atoms with E-state index in [1.165, 1.54) is 12.2 Å². The molecule has 1 aromatic rings. The van der Waals surface area contributed by atoms with E-state index < -0.39 is 0 Å². The average Bonchev–Trinajstić information content (AvgIpc) is 2.64. The van der Waals surface area contributed by atoms with Crippen LogP contribution in [0.5, 0.6) is 0 Å². The molecule has 0 amide bonds. The summed E-state index contributed by atoms with van der Waals surface area (Å²) in [4.78, 5) is 0. The first-order valence-electron chi connectivity index (χ1n) is 3.85. The number of nitrogen functional groups attached to an aromatic ring is 1. The highest BCUT2D eigenvalue weighted by Crippen LogP contribution is 2.30. The molecule has 1 aliphatic rings. The monoisotopic (exact) mass is 295 g/mol. The minimum absolute atomic E-state index is 0.526. The lowest BCUT2D eigenvalue weighted by Gasteiger charge is -2.10. The third kappa shape index (κ3) is 1.44. The van der Waals surface area contributed by atoms with Crippen molar-refractivity contribution in [1.82, 2.24) is 9.78 Å². The average molecular weight is 295 g/mol. The molecule has 1 unspecified atom stereocenters. The summed E-state index contributed by atoms with van der Waals surface area (Å²) in [6.07, 6.45) is 3.03. The molecule has 0 aliphatic carbocycles. The number of halogens is 1. The van der Waals surface area contributed by atoms with Gasteiger partial charge in [-0.25, -0.2) is 4.68 Å². The Morgan fingerprint density at radius 2 is 2.58 bits per heavy atom. The van der Waals surface area contributed by atoms with E-state index in [1.54, 1.807) is 0 Å². The number of nitrogens with zero attached hydrogens (tertiary/aromatic N) is 2. The highest BCUT2D eigenvalue weighted by Gasteiger charge is 2.20. The topological polar surface area (TPSA) is 43.8 Å². The Bertz CT molecular complexity index is 280. The summed E-state index contributed by atoms with van der Waals surface area (Å²) in [5.74, 6) is 3.21. The third-order valence-corrected chi connectivity index (χ3v) is 4.01. The summed E-state index contributed by atoms with van der Waals surface area (Å²) < 4.78 is 3.02. The lowest BCUT2D eigenvalue weighted by atomic mass is 10.3. The molecule has 66 valence electrons. The van der Waals surface area contributed by atoms with Gasteiger partial charge in [-0.05, 0) is 34.8 Å². The first-order valence-corrected chi connectivity index (χ1v) is 6.08. The van der Waals surface area contributed by atoms with Crippen LogP contribution in [-0.2, 0) is 0 Å². The molecule has 3 nitrogen and oxygen atoms in total. The van der Waals surface area contributed by atoms with Gasteiger partial charge in [0, 0.05) is 5.75 Å². The second-order valence-electron chi connectivity index (χ2n) is 2.84. The lowest BCUT2D eigenvalue weighted by Crippen LogP contribution is -2.12. The molecule has 0 radical (unpaired) electrons. The Balaban J connectivity index is 2.26. The minimum atomic E-state index is 0.526. The van der Waals surface area contributed by atoms with Crippen LogP contribution < -0.4 is 5.73 Å². The van der Waals surface area contributed by atoms with Crippen LogP contribution in [-0.4, -0.2) is 21.3 Å². The highest BCUT2D eigenvalue weighted by atomic mass is 127. The van der Waals surface area contributed by atoms with Crippen molar-refractivity contribution >= 4 is 40.2 Å². The first kappa shape index (κ1) is 8.68. The zero-order chi connectivity index (χ0) is 8.55. The molecule has 0 saturated carbocycles. The molecule has 2 rings (SSSR count). The number of hydrogen-bond acceptors (Lipinski definition) is 3. The fourth-order valence-corrected chi connectivity index (χ4v) is 2.91. The van der Waals surface area contributed by atoms with Crippen LogP contribution >= 0.6 is 34.4 Å². The molecule has 1 atom stereocenters. The fourth-order valence-electron chi connectivity index (χ4n) is 1.36. The van der Waals surface area contributed by atoms with Crippen molar-refractivity contribution < 1.29 is 0 Å². The molecule has 1 saturated heterocycles. The highest BCUT2D eigenvalue weighted by molar-refractivity contribution is 14.1. The van der Waals surface area contributed by atoms with Crippen LogP contribution in [0.1, 0.15) is 12.5 Å².